The van der Waals surface area contributed by atoms with Crippen LogP contribution >= 0.6 is 0 Å². The minimum atomic E-state index is -0.834. The third-order valence-electron chi connectivity index (χ3n) is 6.75. The van der Waals surface area contributed by atoms with Gasteiger partial charge < -0.3 is 9.67 Å². The van der Waals surface area contributed by atoms with E-state index in [2.05, 4.69) is 64.3 Å². The Morgan fingerprint density at radius 2 is 1.50 bits per heavy atom. The summed E-state index contributed by atoms with van der Waals surface area (Å²) in [7, 11) is 0. The summed E-state index contributed by atoms with van der Waals surface area (Å²) in [4.78, 5) is 11.9. The summed E-state index contributed by atoms with van der Waals surface area (Å²) in [6, 6.07) is 6.83. The lowest BCUT2D eigenvalue weighted by atomic mass is 9.80. The third kappa shape index (κ3) is 4.82. The van der Waals surface area contributed by atoms with Crippen LogP contribution in [0.15, 0.2) is 24.4 Å². The van der Waals surface area contributed by atoms with Crippen molar-refractivity contribution in [3.8, 4) is 5.69 Å². The Morgan fingerprint density at radius 3 is 1.97 bits per heavy atom. The second kappa shape index (κ2) is 8.24. The number of aromatic nitrogens is 1. The molecule has 0 spiro atoms. The van der Waals surface area contributed by atoms with E-state index in [-0.39, 0.29) is 10.8 Å². The number of rotatable bonds is 4. The number of carboxylic acids is 1. The number of carboxylic acid groups (broad SMARTS) is 1. The van der Waals surface area contributed by atoms with Gasteiger partial charge in [-0.2, -0.15) is 0 Å². The molecular weight excluding hydrogens is 370 g/mol. The Morgan fingerprint density at radius 1 is 0.967 bits per heavy atom. The molecule has 1 saturated carbocycles. The fourth-order valence-corrected chi connectivity index (χ4v) is 4.62. The van der Waals surface area contributed by atoms with Crippen LogP contribution in [0.1, 0.15) is 106 Å². The number of hydrogen-bond donors (Lipinski definition) is 1. The van der Waals surface area contributed by atoms with Crippen LogP contribution in [0.4, 0.5) is 0 Å². The highest BCUT2D eigenvalue weighted by Crippen LogP contribution is 2.35. The Balaban J connectivity index is 2.18. The van der Waals surface area contributed by atoms with Crippen LogP contribution in [-0.4, -0.2) is 15.6 Å². The number of nitrogens with zero attached hydrogens (tertiary/aromatic N) is 1. The van der Waals surface area contributed by atoms with Gasteiger partial charge in [-0.25, -0.2) is 4.79 Å². The number of benzene rings is 1. The molecule has 1 aromatic heterocycles. The van der Waals surface area contributed by atoms with E-state index in [9.17, 15) is 9.90 Å². The molecular formula is C27H39NO2. The van der Waals surface area contributed by atoms with Crippen LogP contribution in [0.2, 0.25) is 0 Å². The van der Waals surface area contributed by atoms with Gasteiger partial charge in [0.15, 0.2) is 0 Å². The van der Waals surface area contributed by atoms with Crippen molar-refractivity contribution in [2.75, 3.05) is 0 Å². The minimum Gasteiger partial charge on any atom is -0.478 e. The van der Waals surface area contributed by atoms with E-state index in [1.165, 1.54) is 48.9 Å². The Kier molecular flexibility index (Phi) is 6.23. The van der Waals surface area contributed by atoms with E-state index in [4.69, 9.17) is 0 Å². The van der Waals surface area contributed by atoms with Crippen molar-refractivity contribution in [2.45, 2.75) is 97.8 Å². The van der Waals surface area contributed by atoms with Gasteiger partial charge >= 0.3 is 5.97 Å². The molecule has 2 aromatic rings. The number of hydrogen-bond acceptors (Lipinski definition) is 1. The number of aromatic carboxylic acids is 1. The molecule has 3 rings (SSSR count). The Hall–Kier alpha value is -2.03. The van der Waals surface area contributed by atoms with Crippen LogP contribution in [0.25, 0.3) is 5.69 Å². The first-order valence-corrected chi connectivity index (χ1v) is 11.5. The predicted octanol–water partition coefficient (Wildman–Crippen LogP) is 7.20. The first kappa shape index (κ1) is 22.7. The minimum absolute atomic E-state index is 0.0252. The smallest absolute Gasteiger partial charge is 0.337 e. The zero-order valence-electron chi connectivity index (χ0n) is 19.9. The predicted molar refractivity (Wildman–Crippen MR) is 125 cm³/mol. The van der Waals surface area contributed by atoms with Gasteiger partial charge in [-0.1, -0.05) is 79.7 Å². The normalized spacial score (nSPS) is 16.1. The fraction of sp³-hybridized carbons (Fsp3) is 0.593. The van der Waals surface area contributed by atoms with E-state index in [0.717, 1.165) is 17.7 Å². The lowest BCUT2D eigenvalue weighted by Crippen LogP contribution is -2.18. The number of carbonyl (C=O) groups is 1. The largest absolute Gasteiger partial charge is 0.478 e. The summed E-state index contributed by atoms with van der Waals surface area (Å²) in [5.74, 6) is -0.181. The van der Waals surface area contributed by atoms with Gasteiger partial charge in [-0.05, 0) is 58.9 Å². The van der Waals surface area contributed by atoms with Gasteiger partial charge in [0.05, 0.1) is 5.56 Å². The zero-order valence-corrected chi connectivity index (χ0v) is 19.9. The molecule has 0 unspecified atom stereocenters. The fourth-order valence-electron chi connectivity index (χ4n) is 4.62. The molecule has 0 radical (unpaired) electrons. The molecule has 3 nitrogen and oxygen atoms in total. The highest BCUT2D eigenvalue weighted by molar-refractivity contribution is 5.90. The average Bonchev–Trinajstić information content (AvgIpc) is 2.97. The Bertz CT molecular complexity index is 883. The van der Waals surface area contributed by atoms with Crippen molar-refractivity contribution in [3.63, 3.8) is 0 Å². The van der Waals surface area contributed by atoms with Gasteiger partial charge in [0.1, 0.15) is 0 Å². The van der Waals surface area contributed by atoms with Crippen molar-refractivity contribution in [2.24, 2.45) is 5.92 Å². The molecule has 1 N–H and O–H groups in total. The van der Waals surface area contributed by atoms with Gasteiger partial charge in [0, 0.05) is 17.6 Å². The van der Waals surface area contributed by atoms with Crippen LogP contribution in [0.3, 0.4) is 0 Å². The first-order chi connectivity index (χ1) is 13.9. The lowest BCUT2D eigenvalue weighted by molar-refractivity contribution is 0.0696. The van der Waals surface area contributed by atoms with Gasteiger partial charge in [-0.3, -0.25) is 0 Å². The zero-order chi connectivity index (χ0) is 22.3. The van der Waals surface area contributed by atoms with E-state index in [0.29, 0.717) is 11.5 Å². The van der Waals surface area contributed by atoms with Gasteiger partial charge in [-0.15, -0.1) is 0 Å². The molecule has 1 fully saturated rings. The molecule has 1 heterocycles. The average molecular weight is 410 g/mol. The molecule has 164 valence electrons. The summed E-state index contributed by atoms with van der Waals surface area (Å²) < 4.78 is 2.18. The van der Waals surface area contributed by atoms with Crippen LogP contribution in [-0.2, 0) is 17.3 Å². The van der Waals surface area contributed by atoms with Crippen molar-refractivity contribution in [3.05, 3.63) is 52.3 Å². The van der Waals surface area contributed by atoms with E-state index < -0.39 is 5.97 Å². The Labute approximate surface area is 182 Å². The quantitative estimate of drug-likeness (QED) is 0.580. The third-order valence-corrected chi connectivity index (χ3v) is 6.75. The highest BCUT2D eigenvalue weighted by Gasteiger charge is 2.25. The molecule has 0 atom stereocenters. The summed E-state index contributed by atoms with van der Waals surface area (Å²) >= 11 is 0. The standard InChI is InChI=1S/C27H39NO2/c1-18-23(25(29)30)17-28(24(18)13-19-11-9-8-10-12-19)22-15-20(26(2,3)4)14-21(16-22)27(5,6)7/h14-17,19H,8-13H2,1-7H3,(H,29,30). The van der Waals surface area contributed by atoms with Gasteiger partial charge in [0.2, 0.25) is 0 Å². The molecule has 1 aliphatic carbocycles. The second-order valence-corrected chi connectivity index (χ2v) is 11.3. The van der Waals surface area contributed by atoms with Crippen molar-refractivity contribution in [1.82, 2.24) is 4.57 Å². The topological polar surface area (TPSA) is 42.2 Å². The van der Waals surface area contributed by atoms with Crippen molar-refractivity contribution < 1.29 is 9.90 Å². The highest BCUT2D eigenvalue weighted by atomic mass is 16.4. The van der Waals surface area contributed by atoms with E-state index in [1.54, 1.807) is 0 Å². The van der Waals surface area contributed by atoms with Crippen molar-refractivity contribution in [1.29, 1.82) is 0 Å². The maximum atomic E-state index is 11.9. The van der Waals surface area contributed by atoms with Crippen LogP contribution in [0, 0.1) is 12.8 Å². The summed E-state index contributed by atoms with van der Waals surface area (Å²) in [5, 5.41) is 9.81. The lowest BCUT2D eigenvalue weighted by Gasteiger charge is -2.27. The monoisotopic (exact) mass is 409 g/mol. The van der Waals surface area contributed by atoms with Gasteiger partial charge in [0.25, 0.3) is 0 Å². The van der Waals surface area contributed by atoms with E-state index >= 15 is 0 Å². The molecule has 1 aromatic carbocycles. The van der Waals surface area contributed by atoms with Crippen LogP contribution in [0.5, 0.6) is 0 Å². The maximum absolute atomic E-state index is 11.9. The SMILES string of the molecule is Cc1c(C(=O)O)cn(-c2cc(C(C)(C)C)cc(C(C)(C)C)c2)c1CC1CCCCC1. The summed E-state index contributed by atoms with van der Waals surface area (Å²) in [6.07, 6.45) is 9.24. The summed E-state index contributed by atoms with van der Waals surface area (Å²) in [5.41, 5.74) is 6.24. The van der Waals surface area contributed by atoms with Crippen LogP contribution < -0.4 is 0 Å². The molecule has 1 aliphatic rings. The molecule has 3 heteroatoms. The summed E-state index contributed by atoms with van der Waals surface area (Å²) in [6.45, 7) is 15.4. The molecule has 0 aliphatic heterocycles. The molecule has 30 heavy (non-hydrogen) atoms. The van der Waals surface area contributed by atoms with E-state index in [1.807, 2.05) is 13.1 Å². The van der Waals surface area contributed by atoms with Crippen molar-refractivity contribution >= 4 is 5.97 Å². The molecule has 0 bridgehead atoms. The molecule has 0 amide bonds. The first-order valence-electron chi connectivity index (χ1n) is 11.5. The second-order valence-electron chi connectivity index (χ2n) is 11.3. The molecule has 0 saturated heterocycles. The maximum Gasteiger partial charge on any atom is 0.337 e.